The summed E-state index contributed by atoms with van der Waals surface area (Å²) in [5.74, 6) is 0.412. The largest absolute Gasteiger partial charge is 0.300 e. The Hall–Kier alpha value is -0.890. The van der Waals surface area contributed by atoms with Crippen LogP contribution in [0.3, 0.4) is 0 Å². The molecule has 1 spiro atoms. The van der Waals surface area contributed by atoms with Gasteiger partial charge in [-0.15, -0.1) is 0 Å². The van der Waals surface area contributed by atoms with E-state index < -0.39 is 0 Å². The Kier molecular flexibility index (Phi) is 2.28. The molecule has 0 radical (unpaired) electrons. The van der Waals surface area contributed by atoms with Gasteiger partial charge in [-0.2, -0.15) is 0 Å². The van der Waals surface area contributed by atoms with E-state index in [1.165, 1.54) is 15.6 Å². The van der Waals surface area contributed by atoms with E-state index in [-0.39, 0.29) is 5.41 Å². The molecule has 0 aliphatic heterocycles. The molecule has 2 aliphatic rings. The highest BCUT2D eigenvalue weighted by molar-refractivity contribution is 9.11. The van der Waals surface area contributed by atoms with Crippen molar-refractivity contribution in [3.63, 3.8) is 0 Å². The molecular formula is C14H13BrO. The summed E-state index contributed by atoms with van der Waals surface area (Å²) >= 11 is 3.71. The van der Waals surface area contributed by atoms with Crippen LogP contribution >= 0.6 is 15.9 Å². The Labute approximate surface area is 104 Å². The number of allylic oxidation sites excluding steroid dienone is 1. The quantitative estimate of drug-likeness (QED) is 0.704. The monoisotopic (exact) mass is 276 g/mol. The molecule has 0 saturated heterocycles. The zero-order valence-corrected chi connectivity index (χ0v) is 10.6. The van der Waals surface area contributed by atoms with Gasteiger partial charge >= 0.3 is 0 Å². The summed E-state index contributed by atoms with van der Waals surface area (Å²) in [5.41, 5.74) is 2.81. The van der Waals surface area contributed by atoms with Crippen LogP contribution in [0.15, 0.2) is 28.7 Å². The van der Waals surface area contributed by atoms with Crippen LogP contribution in [0.5, 0.6) is 0 Å². The number of Topliss-reactive ketones (excluding diaryl/α,β-unsaturated/α-hetero) is 1. The van der Waals surface area contributed by atoms with E-state index in [0.29, 0.717) is 5.78 Å². The number of benzene rings is 1. The number of ketones is 1. The van der Waals surface area contributed by atoms with E-state index in [9.17, 15) is 4.79 Å². The van der Waals surface area contributed by atoms with Gasteiger partial charge in [0.05, 0.1) is 0 Å². The third-order valence-electron chi connectivity index (χ3n) is 3.88. The molecule has 0 amide bonds. The molecule has 1 fully saturated rings. The Morgan fingerprint density at radius 2 is 1.81 bits per heavy atom. The third-order valence-corrected chi connectivity index (χ3v) is 4.86. The fraction of sp³-hybridized carbons (Fsp3) is 0.357. The average molecular weight is 277 g/mol. The minimum atomic E-state index is 0.102. The maximum atomic E-state index is 11.4. The summed E-state index contributed by atoms with van der Waals surface area (Å²) in [5, 5.41) is 0. The van der Waals surface area contributed by atoms with Gasteiger partial charge in [0.25, 0.3) is 0 Å². The smallest absolute Gasteiger partial charge is 0.133 e. The van der Waals surface area contributed by atoms with E-state index >= 15 is 0 Å². The highest BCUT2D eigenvalue weighted by Crippen LogP contribution is 2.52. The van der Waals surface area contributed by atoms with E-state index in [0.717, 1.165) is 25.7 Å². The van der Waals surface area contributed by atoms with Gasteiger partial charge in [-0.25, -0.2) is 0 Å². The average Bonchev–Trinajstić information content (AvgIpc) is 2.57. The lowest BCUT2D eigenvalue weighted by Crippen LogP contribution is -2.30. The Morgan fingerprint density at radius 1 is 1.12 bits per heavy atom. The van der Waals surface area contributed by atoms with Gasteiger partial charge in [-0.05, 0) is 30.0 Å². The second-order valence-corrected chi connectivity index (χ2v) is 5.55. The van der Waals surface area contributed by atoms with Gasteiger partial charge in [0, 0.05) is 22.7 Å². The van der Waals surface area contributed by atoms with Gasteiger partial charge in [0.1, 0.15) is 5.78 Å². The predicted octanol–water partition coefficient (Wildman–Crippen LogP) is 3.82. The van der Waals surface area contributed by atoms with Crippen molar-refractivity contribution in [2.24, 2.45) is 0 Å². The molecule has 0 bridgehead atoms. The van der Waals surface area contributed by atoms with Crippen LogP contribution < -0.4 is 0 Å². The van der Waals surface area contributed by atoms with Crippen molar-refractivity contribution >= 4 is 27.8 Å². The Bertz CT molecular complexity index is 477. The molecular weight excluding hydrogens is 264 g/mol. The number of hydrogen-bond donors (Lipinski definition) is 0. The first-order valence-electron chi connectivity index (χ1n) is 5.71. The van der Waals surface area contributed by atoms with Crippen LogP contribution in [0, 0.1) is 0 Å². The fourth-order valence-electron chi connectivity index (χ4n) is 2.93. The Morgan fingerprint density at radius 3 is 2.56 bits per heavy atom. The van der Waals surface area contributed by atoms with Gasteiger partial charge in [-0.3, -0.25) is 4.79 Å². The van der Waals surface area contributed by atoms with Crippen molar-refractivity contribution in [2.45, 2.75) is 31.1 Å². The molecule has 3 rings (SSSR count). The topological polar surface area (TPSA) is 17.1 Å². The maximum absolute atomic E-state index is 11.4. The van der Waals surface area contributed by atoms with Crippen LogP contribution in [-0.4, -0.2) is 5.78 Å². The highest BCUT2D eigenvalue weighted by Gasteiger charge is 2.42. The molecule has 2 heteroatoms. The minimum Gasteiger partial charge on any atom is -0.300 e. The molecule has 0 N–H and O–H groups in total. The molecule has 1 aromatic carbocycles. The fourth-order valence-corrected chi connectivity index (χ4v) is 3.78. The SMILES string of the molecule is O=C1CCC2(CC1)C(Br)=Cc1ccccc12. The number of carbonyl (C=O) groups is 1. The lowest BCUT2D eigenvalue weighted by atomic mass is 9.70. The van der Waals surface area contributed by atoms with Crippen LogP contribution in [0.2, 0.25) is 0 Å². The number of carbonyl (C=O) groups excluding carboxylic acids is 1. The van der Waals surface area contributed by atoms with Crippen molar-refractivity contribution in [3.05, 3.63) is 39.9 Å². The van der Waals surface area contributed by atoms with Crippen LogP contribution in [0.1, 0.15) is 36.8 Å². The number of hydrogen-bond acceptors (Lipinski definition) is 1. The van der Waals surface area contributed by atoms with Crippen LogP contribution in [0.25, 0.3) is 6.08 Å². The number of halogens is 1. The second-order valence-electron chi connectivity index (χ2n) is 4.70. The van der Waals surface area contributed by atoms with Gasteiger partial charge < -0.3 is 0 Å². The molecule has 2 aliphatic carbocycles. The zero-order chi connectivity index (χ0) is 11.2. The molecule has 1 nitrogen and oxygen atoms in total. The van der Waals surface area contributed by atoms with Crippen LogP contribution in [-0.2, 0) is 10.2 Å². The molecule has 1 aromatic rings. The normalized spacial score (nSPS) is 22.1. The van der Waals surface area contributed by atoms with E-state index in [1.54, 1.807) is 0 Å². The first-order valence-corrected chi connectivity index (χ1v) is 6.51. The Balaban J connectivity index is 2.08. The first-order chi connectivity index (χ1) is 7.72. The van der Waals surface area contributed by atoms with E-state index in [2.05, 4.69) is 46.3 Å². The summed E-state index contributed by atoms with van der Waals surface area (Å²) in [6, 6.07) is 8.52. The first kappa shape index (κ1) is 10.3. The lowest BCUT2D eigenvalue weighted by molar-refractivity contribution is -0.121. The minimum absolute atomic E-state index is 0.102. The van der Waals surface area contributed by atoms with Crippen molar-refractivity contribution in [1.82, 2.24) is 0 Å². The molecule has 1 saturated carbocycles. The predicted molar refractivity (Wildman–Crippen MR) is 68.5 cm³/mol. The zero-order valence-electron chi connectivity index (χ0n) is 9.00. The van der Waals surface area contributed by atoms with Crippen LogP contribution in [0.4, 0.5) is 0 Å². The van der Waals surface area contributed by atoms with Crippen molar-refractivity contribution in [2.75, 3.05) is 0 Å². The number of rotatable bonds is 0. The van der Waals surface area contributed by atoms with Crippen molar-refractivity contribution in [1.29, 1.82) is 0 Å². The summed E-state index contributed by atoms with van der Waals surface area (Å²) in [6.07, 6.45) is 5.57. The second kappa shape index (κ2) is 3.56. The molecule has 0 atom stereocenters. The summed E-state index contributed by atoms with van der Waals surface area (Å²) in [4.78, 5) is 11.4. The van der Waals surface area contributed by atoms with E-state index in [1.807, 2.05) is 0 Å². The lowest BCUT2D eigenvalue weighted by Gasteiger charge is -2.35. The standard InChI is InChI=1S/C14H13BrO/c15-13-9-10-3-1-2-4-12(10)14(13)7-5-11(16)6-8-14/h1-4,9H,5-8H2. The molecule has 0 aromatic heterocycles. The van der Waals surface area contributed by atoms with Gasteiger partial charge in [-0.1, -0.05) is 40.2 Å². The summed E-state index contributed by atoms with van der Waals surface area (Å²) in [6.45, 7) is 0. The van der Waals surface area contributed by atoms with E-state index in [4.69, 9.17) is 0 Å². The highest BCUT2D eigenvalue weighted by atomic mass is 79.9. The molecule has 16 heavy (non-hydrogen) atoms. The summed E-state index contributed by atoms with van der Waals surface area (Å²) in [7, 11) is 0. The maximum Gasteiger partial charge on any atom is 0.133 e. The van der Waals surface area contributed by atoms with Crippen molar-refractivity contribution < 1.29 is 4.79 Å². The molecule has 0 unspecified atom stereocenters. The number of fused-ring (bicyclic) bond motifs is 2. The molecule has 82 valence electrons. The van der Waals surface area contributed by atoms with Gasteiger partial charge in [0.2, 0.25) is 0 Å². The van der Waals surface area contributed by atoms with Crippen molar-refractivity contribution in [3.8, 4) is 0 Å². The summed E-state index contributed by atoms with van der Waals surface area (Å²) < 4.78 is 1.26. The molecule has 0 heterocycles. The van der Waals surface area contributed by atoms with Gasteiger partial charge in [0.15, 0.2) is 0 Å². The third kappa shape index (κ3) is 1.32.